The van der Waals surface area contributed by atoms with Gasteiger partial charge in [0.05, 0.1) is 5.69 Å². The summed E-state index contributed by atoms with van der Waals surface area (Å²) in [4.78, 5) is 11.5. The van der Waals surface area contributed by atoms with Gasteiger partial charge in [-0.1, -0.05) is 23.2 Å². The largest absolute Gasteiger partial charge is 0.455 e. The number of halogens is 2. The van der Waals surface area contributed by atoms with Crippen LogP contribution in [-0.4, -0.2) is 13.0 Å². The third-order valence-corrected chi connectivity index (χ3v) is 3.00. The number of nitrogens with one attached hydrogen (secondary N) is 1. The monoisotopic (exact) mass is 310 g/mol. The number of carbonyl (C=O) groups excluding carboxylic acids is 1. The molecule has 4 nitrogen and oxygen atoms in total. The quantitative estimate of drug-likeness (QED) is 0.849. The zero-order valence-electron chi connectivity index (χ0n) is 10.6. The number of anilines is 1. The van der Waals surface area contributed by atoms with E-state index in [9.17, 15) is 4.79 Å². The topological polar surface area (TPSA) is 64.3 Å². The molecule has 0 fully saturated rings. The summed E-state index contributed by atoms with van der Waals surface area (Å²) in [7, 11) is 1.55. The Kier molecular flexibility index (Phi) is 4.37. The van der Waals surface area contributed by atoms with Gasteiger partial charge in [0, 0.05) is 22.7 Å². The number of rotatable bonds is 3. The van der Waals surface area contributed by atoms with Crippen molar-refractivity contribution < 1.29 is 9.53 Å². The van der Waals surface area contributed by atoms with Crippen LogP contribution in [-0.2, 0) is 0 Å². The Morgan fingerprint density at radius 2 is 1.80 bits per heavy atom. The van der Waals surface area contributed by atoms with Gasteiger partial charge in [0.1, 0.15) is 11.5 Å². The van der Waals surface area contributed by atoms with Crippen LogP contribution >= 0.6 is 23.2 Å². The van der Waals surface area contributed by atoms with Gasteiger partial charge < -0.3 is 15.8 Å². The number of nitrogens with two attached hydrogens (primary N) is 1. The van der Waals surface area contributed by atoms with E-state index in [1.54, 1.807) is 43.4 Å². The van der Waals surface area contributed by atoms with E-state index in [0.29, 0.717) is 32.8 Å². The fourth-order valence-electron chi connectivity index (χ4n) is 1.64. The molecule has 0 saturated heterocycles. The molecule has 2 aromatic carbocycles. The highest BCUT2D eigenvalue weighted by molar-refractivity contribution is 6.34. The molecule has 0 aliphatic heterocycles. The zero-order chi connectivity index (χ0) is 14.7. The second-order valence-electron chi connectivity index (χ2n) is 4.04. The normalized spacial score (nSPS) is 10.2. The summed E-state index contributed by atoms with van der Waals surface area (Å²) >= 11 is 11.8. The minimum absolute atomic E-state index is 0.214. The molecule has 104 valence electrons. The van der Waals surface area contributed by atoms with Crippen molar-refractivity contribution in [3.8, 4) is 11.5 Å². The van der Waals surface area contributed by atoms with Crippen molar-refractivity contribution in [3.05, 3.63) is 52.0 Å². The van der Waals surface area contributed by atoms with Gasteiger partial charge in [0.25, 0.3) is 5.91 Å². The Balaban J connectivity index is 2.27. The summed E-state index contributed by atoms with van der Waals surface area (Å²) in [6.45, 7) is 0. The zero-order valence-corrected chi connectivity index (χ0v) is 12.1. The molecule has 2 rings (SSSR count). The Hall–Kier alpha value is -1.91. The van der Waals surface area contributed by atoms with Crippen LogP contribution < -0.4 is 15.8 Å². The molecule has 3 N–H and O–H groups in total. The molecule has 0 atom stereocenters. The van der Waals surface area contributed by atoms with Crippen molar-refractivity contribution in [2.45, 2.75) is 0 Å². The van der Waals surface area contributed by atoms with Crippen molar-refractivity contribution in [3.63, 3.8) is 0 Å². The highest BCUT2D eigenvalue weighted by Crippen LogP contribution is 2.31. The first-order valence-corrected chi connectivity index (χ1v) is 6.51. The fourth-order valence-corrected chi connectivity index (χ4v) is 2.15. The van der Waals surface area contributed by atoms with Crippen molar-refractivity contribution >= 4 is 34.8 Å². The summed E-state index contributed by atoms with van der Waals surface area (Å²) < 4.78 is 5.61. The summed E-state index contributed by atoms with van der Waals surface area (Å²) in [5.74, 6) is 0.687. The maximum Gasteiger partial charge on any atom is 0.251 e. The maximum atomic E-state index is 11.5. The Morgan fingerprint density at radius 1 is 1.15 bits per heavy atom. The van der Waals surface area contributed by atoms with Gasteiger partial charge in [-0.3, -0.25) is 4.79 Å². The van der Waals surface area contributed by atoms with Gasteiger partial charge in [-0.25, -0.2) is 0 Å². The van der Waals surface area contributed by atoms with E-state index in [1.807, 2.05) is 0 Å². The smallest absolute Gasteiger partial charge is 0.251 e. The van der Waals surface area contributed by atoms with E-state index in [1.165, 1.54) is 0 Å². The first kappa shape index (κ1) is 14.5. The van der Waals surface area contributed by atoms with E-state index in [4.69, 9.17) is 33.7 Å². The molecular weight excluding hydrogens is 299 g/mol. The molecule has 6 heteroatoms. The average molecular weight is 311 g/mol. The molecule has 0 heterocycles. The van der Waals surface area contributed by atoms with E-state index >= 15 is 0 Å². The van der Waals surface area contributed by atoms with Gasteiger partial charge in [-0.2, -0.15) is 0 Å². The summed E-state index contributed by atoms with van der Waals surface area (Å²) in [6, 6.07) is 9.64. The molecule has 0 unspecified atom stereocenters. The van der Waals surface area contributed by atoms with Crippen molar-refractivity contribution in [2.24, 2.45) is 0 Å². The number of nitrogen functional groups attached to an aromatic ring is 1. The number of hydrogen-bond donors (Lipinski definition) is 2. The lowest BCUT2D eigenvalue weighted by molar-refractivity contribution is 0.0963. The highest BCUT2D eigenvalue weighted by Gasteiger charge is 2.09. The molecular formula is C14H12Cl2N2O2. The Labute approximate surface area is 126 Å². The lowest BCUT2D eigenvalue weighted by atomic mass is 10.2. The summed E-state index contributed by atoms with van der Waals surface area (Å²) in [5, 5.41) is 3.45. The van der Waals surface area contributed by atoms with E-state index < -0.39 is 0 Å². The lowest BCUT2D eigenvalue weighted by Gasteiger charge is -2.10. The van der Waals surface area contributed by atoms with Crippen LogP contribution in [0.5, 0.6) is 11.5 Å². The van der Waals surface area contributed by atoms with Crippen LogP contribution in [0.1, 0.15) is 10.4 Å². The maximum absolute atomic E-state index is 11.5. The highest BCUT2D eigenvalue weighted by atomic mass is 35.5. The SMILES string of the molecule is CNC(=O)c1ccc(Oc2cc(Cl)cc(Cl)c2)c(N)c1. The van der Waals surface area contributed by atoms with Crippen LogP contribution in [0.4, 0.5) is 5.69 Å². The molecule has 0 aliphatic carbocycles. The predicted molar refractivity (Wildman–Crippen MR) is 80.8 cm³/mol. The number of amides is 1. The number of benzene rings is 2. The number of hydrogen-bond acceptors (Lipinski definition) is 3. The van der Waals surface area contributed by atoms with Gasteiger partial charge >= 0.3 is 0 Å². The molecule has 0 aromatic heterocycles. The first-order chi connectivity index (χ1) is 9.49. The van der Waals surface area contributed by atoms with Crippen LogP contribution in [0.2, 0.25) is 10.0 Å². The molecule has 0 spiro atoms. The third-order valence-electron chi connectivity index (χ3n) is 2.56. The second-order valence-corrected chi connectivity index (χ2v) is 4.91. The molecule has 2 aromatic rings. The molecule has 0 radical (unpaired) electrons. The van der Waals surface area contributed by atoms with Gasteiger partial charge in [0.15, 0.2) is 0 Å². The third kappa shape index (κ3) is 3.35. The van der Waals surface area contributed by atoms with E-state index in [2.05, 4.69) is 5.32 Å². The van der Waals surface area contributed by atoms with E-state index in [-0.39, 0.29) is 5.91 Å². The predicted octanol–water partition coefficient (Wildman–Crippen LogP) is 3.73. The molecule has 1 amide bonds. The van der Waals surface area contributed by atoms with Crippen LogP contribution in [0, 0.1) is 0 Å². The fraction of sp³-hybridized carbons (Fsp3) is 0.0714. The van der Waals surface area contributed by atoms with Gasteiger partial charge in [-0.15, -0.1) is 0 Å². The molecule has 0 aliphatic rings. The Morgan fingerprint density at radius 3 is 2.35 bits per heavy atom. The first-order valence-electron chi connectivity index (χ1n) is 5.75. The van der Waals surface area contributed by atoms with Gasteiger partial charge in [-0.05, 0) is 36.4 Å². The standard InChI is InChI=1S/C14H12Cl2N2O2/c1-18-14(19)8-2-3-13(12(17)4-8)20-11-6-9(15)5-10(16)7-11/h2-7H,17H2,1H3,(H,18,19). The molecule has 20 heavy (non-hydrogen) atoms. The Bertz CT molecular complexity index is 639. The lowest BCUT2D eigenvalue weighted by Crippen LogP contribution is -2.17. The van der Waals surface area contributed by atoms with Gasteiger partial charge in [0.2, 0.25) is 0 Å². The van der Waals surface area contributed by atoms with Crippen LogP contribution in [0.3, 0.4) is 0 Å². The number of carbonyl (C=O) groups is 1. The second kappa shape index (κ2) is 6.03. The van der Waals surface area contributed by atoms with Crippen molar-refractivity contribution in [2.75, 3.05) is 12.8 Å². The minimum Gasteiger partial charge on any atom is -0.455 e. The van der Waals surface area contributed by atoms with E-state index in [0.717, 1.165) is 0 Å². The van der Waals surface area contributed by atoms with Crippen LogP contribution in [0.25, 0.3) is 0 Å². The molecule has 0 saturated carbocycles. The minimum atomic E-state index is -0.214. The summed E-state index contributed by atoms with van der Waals surface area (Å²) in [5.41, 5.74) is 6.68. The van der Waals surface area contributed by atoms with Crippen LogP contribution in [0.15, 0.2) is 36.4 Å². The summed E-state index contributed by atoms with van der Waals surface area (Å²) in [6.07, 6.45) is 0. The van der Waals surface area contributed by atoms with Crippen molar-refractivity contribution in [1.29, 1.82) is 0 Å². The average Bonchev–Trinajstić information content (AvgIpc) is 2.39. The van der Waals surface area contributed by atoms with Crippen molar-refractivity contribution in [1.82, 2.24) is 5.32 Å². The number of ether oxygens (including phenoxy) is 1. The molecule has 0 bridgehead atoms.